The Labute approximate surface area is 119 Å². The molecule has 98 valence electrons. The highest BCUT2D eigenvalue weighted by Crippen LogP contribution is 2.30. The number of amides is 1. The van der Waals surface area contributed by atoms with Crippen LogP contribution in [0.15, 0.2) is 12.3 Å². The second-order valence-electron chi connectivity index (χ2n) is 4.50. The Bertz CT molecular complexity index is 632. The van der Waals surface area contributed by atoms with Gasteiger partial charge in [0.2, 0.25) is 0 Å². The van der Waals surface area contributed by atoms with Crippen molar-refractivity contribution in [2.24, 2.45) is 0 Å². The molecule has 2 heterocycles. The molecule has 0 aromatic carbocycles. The van der Waals surface area contributed by atoms with E-state index in [1.807, 2.05) is 6.92 Å². The molecule has 0 atom stereocenters. The quantitative estimate of drug-likeness (QED) is 0.925. The number of hydrogen-bond donors (Lipinski definition) is 1. The molecule has 2 aromatic heterocycles. The van der Waals surface area contributed by atoms with Crippen LogP contribution in [-0.4, -0.2) is 15.9 Å². The smallest absolute Gasteiger partial charge is 0.260 e. The number of hydrogen-bond acceptors (Lipinski definition) is 4. The van der Waals surface area contributed by atoms with Crippen molar-refractivity contribution < 1.29 is 4.79 Å². The Balaban J connectivity index is 1.80. The summed E-state index contributed by atoms with van der Waals surface area (Å²) in [5.41, 5.74) is 2.28. The highest BCUT2D eigenvalue weighted by atomic mass is 35.5. The molecule has 2 aromatic rings. The number of aryl methyl sites for hydroxylation is 3. The van der Waals surface area contributed by atoms with E-state index < -0.39 is 0 Å². The van der Waals surface area contributed by atoms with Crippen molar-refractivity contribution in [1.82, 2.24) is 9.97 Å². The van der Waals surface area contributed by atoms with Crippen LogP contribution < -0.4 is 5.32 Å². The number of rotatable bonds is 2. The molecule has 1 aliphatic rings. The fraction of sp³-hybridized carbons (Fsp3) is 0.308. The predicted molar refractivity (Wildman–Crippen MR) is 76.1 cm³/mol. The first kappa shape index (κ1) is 12.6. The second-order valence-corrected chi connectivity index (χ2v) is 5.99. The summed E-state index contributed by atoms with van der Waals surface area (Å²) in [6.07, 6.45) is 4.73. The number of thiazole rings is 1. The van der Waals surface area contributed by atoms with Gasteiger partial charge in [0.1, 0.15) is 0 Å². The number of fused-ring (bicyclic) bond motifs is 1. The van der Waals surface area contributed by atoms with Crippen molar-refractivity contribution in [1.29, 1.82) is 0 Å². The van der Waals surface area contributed by atoms with Gasteiger partial charge in [0.15, 0.2) is 5.13 Å². The van der Waals surface area contributed by atoms with Gasteiger partial charge in [0.25, 0.3) is 5.91 Å². The van der Waals surface area contributed by atoms with E-state index in [4.69, 9.17) is 11.6 Å². The van der Waals surface area contributed by atoms with Gasteiger partial charge in [-0.3, -0.25) is 15.1 Å². The Hall–Kier alpha value is -1.46. The van der Waals surface area contributed by atoms with E-state index in [9.17, 15) is 4.79 Å². The molecule has 1 N–H and O–H groups in total. The molecule has 19 heavy (non-hydrogen) atoms. The van der Waals surface area contributed by atoms with Crippen LogP contribution in [0.25, 0.3) is 0 Å². The lowest BCUT2D eigenvalue weighted by Gasteiger charge is -2.04. The monoisotopic (exact) mass is 293 g/mol. The van der Waals surface area contributed by atoms with Gasteiger partial charge in [-0.15, -0.1) is 11.3 Å². The molecule has 1 amide bonds. The van der Waals surface area contributed by atoms with Gasteiger partial charge in [-0.2, -0.15) is 0 Å². The minimum absolute atomic E-state index is 0.259. The molecule has 4 nitrogen and oxygen atoms in total. The minimum atomic E-state index is -0.259. The van der Waals surface area contributed by atoms with E-state index in [-0.39, 0.29) is 5.91 Å². The lowest BCUT2D eigenvalue weighted by molar-refractivity contribution is 0.102. The maximum Gasteiger partial charge on any atom is 0.260 e. The summed E-state index contributed by atoms with van der Waals surface area (Å²) in [5.74, 6) is -0.259. The van der Waals surface area contributed by atoms with Crippen LogP contribution in [-0.2, 0) is 12.8 Å². The third kappa shape index (κ3) is 2.48. The number of nitrogens with one attached hydrogen (secondary N) is 1. The van der Waals surface area contributed by atoms with E-state index in [1.165, 1.54) is 11.1 Å². The summed E-state index contributed by atoms with van der Waals surface area (Å²) < 4.78 is 0. The zero-order valence-electron chi connectivity index (χ0n) is 10.4. The summed E-state index contributed by atoms with van der Waals surface area (Å²) in [6.45, 7) is 1.83. The van der Waals surface area contributed by atoms with Crippen LogP contribution in [0.3, 0.4) is 0 Å². The summed E-state index contributed by atoms with van der Waals surface area (Å²) in [5, 5.41) is 3.85. The van der Waals surface area contributed by atoms with Crippen LogP contribution in [0.1, 0.15) is 33.0 Å². The standard InChI is InChI=1S/C13H12ClN3OS/c1-7-5-9(14)8(6-15-7)12(18)17-13-16-10-3-2-4-11(10)19-13/h5-6H,2-4H2,1H3,(H,16,17,18). The molecule has 3 rings (SSSR count). The zero-order chi connectivity index (χ0) is 13.4. The summed E-state index contributed by atoms with van der Waals surface area (Å²) in [7, 11) is 0. The molecule has 0 aliphatic heterocycles. The molecule has 0 radical (unpaired) electrons. The lowest BCUT2D eigenvalue weighted by Crippen LogP contribution is -2.13. The van der Waals surface area contributed by atoms with E-state index >= 15 is 0 Å². The van der Waals surface area contributed by atoms with E-state index in [0.717, 1.165) is 30.7 Å². The van der Waals surface area contributed by atoms with Crippen LogP contribution >= 0.6 is 22.9 Å². The van der Waals surface area contributed by atoms with Crippen LogP contribution in [0.4, 0.5) is 5.13 Å². The molecule has 6 heteroatoms. The molecule has 0 spiro atoms. The first-order chi connectivity index (χ1) is 9.13. The molecular formula is C13H12ClN3OS. The van der Waals surface area contributed by atoms with Crippen LogP contribution in [0, 0.1) is 6.92 Å². The number of anilines is 1. The average Bonchev–Trinajstić information content (AvgIpc) is 2.89. The molecule has 1 aliphatic carbocycles. The lowest BCUT2D eigenvalue weighted by atomic mass is 10.2. The first-order valence-corrected chi connectivity index (χ1v) is 7.25. The fourth-order valence-electron chi connectivity index (χ4n) is 2.10. The van der Waals surface area contributed by atoms with Crippen molar-refractivity contribution in [3.63, 3.8) is 0 Å². The topological polar surface area (TPSA) is 54.9 Å². The number of nitrogens with zero attached hydrogens (tertiary/aromatic N) is 2. The van der Waals surface area contributed by atoms with Crippen molar-refractivity contribution in [3.05, 3.63) is 39.1 Å². The van der Waals surface area contributed by atoms with E-state index in [1.54, 1.807) is 17.4 Å². The third-order valence-electron chi connectivity index (χ3n) is 3.05. The molecular weight excluding hydrogens is 282 g/mol. The highest BCUT2D eigenvalue weighted by molar-refractivity contribution is 7.16. The Morgan fingerprint density at radius 3 is 3.05 bits per heavy atom. The summed E-state index contributed by atoms with van der Waals surface area (Å²) in [4.78, 5) is 21.9. The number of aromatic nitrogens is 2. The molecule has 0 saturated carbocycles. The normalized spacial score (nSPS) is 13.4. The van der Waals surface area contributed by atoms with Crippen LogP contribution in [0.2, 0.25) is 5.02 Å². The molecule has 0 fully saturated rings. The number of halogens is 1. The van der Waals surface area contributed by atoms with Crippen molar-refractivity contribution in [2.45, 2.75) is 26.2 Å². The third-order valence-corrected chi connectivity index (χ3v) is 4.44. The highest BCUT2D eigenvalue weighted by Gasteiger charge is 2.19. The average molecular weight is 294 g/mol. The Kier molecular flexibility index (Phi) is 3.24. The van der Waals surface area contributed by atoms with Crippen LogP contribution in [0.5, 0.6) is 0 Å². The van der Waals surface area contributed by atoms with E-state index in [2.05, 4.69) is 15.3 Å². The van der Waals surface area contributed by atoms with Gasteiger partial charge in [-0.25, -0.2) is 4.98 Å². The minimum Gasteiger partial charge on any atom is -0.298 e. The fourth-order valence-corrected chi connectivity index (χ4v) is 3.44. The predicted octanol–water partition coefficient (Wildman–Crippen LogP) is 3.24. The molecule has 0 bridgehead atoms. The van der Waals surface area contributed by atoms with E-state index in [0.29, 0.717) is 15.7 Å². The van der Waals surface area contributed by atoms with Crippen molar-refractivity contribution >= 4 is 34.0 Å². The number of carbonyl (C=O) groups is 1. The van der Waals surface area contributed by atoms with Gasteiger partial charge in [-0.1, -0.05) is 11.6 Å². The maximum atomic E-state index is 12.1. The van der Waals surface area contributed by atoms with Gasteiger partial charge in [0, 0.05) is 16.8 Å². The number of carbonyl (C=O) groups excluding carboxylic acids is 1. The van der Waals surface area contributed by atoms with Gasteiger partial charge < -0.3 is 0 Å². The van der Waals surface area contributed by atoms with Crippen molar-refractivity contribution in [2.75, 3.05) is 5.32 Å². The zero-order valence-corrected chi connectivity index (χ0v) is 11.9. The van der Waals surface area contributed by atoms with Gasteiger partial charge >= 0.3 is 0 Å². The summed E-state index contributed by atoms with van der Waals surface area (Å²) >= 11 is 7.60. The Morgan fingerprint density at radius 1 is 1.47 bits per heavy atom. The number of pyridine rings is 1. The maximum absolute atomic E-state index is 12.1. The first-order valence-electron chi connectivity index (χ1n) is 6.05. The second kappa shape index (κ2) is 4.90. The molecule has 0 saturated heterocycles. The Morgan fingerprint density at radius 2 is 2.32 bits per heavy atom. The van der Waals surface area contributed by atoms with Gasteiger partial charge in [0.05, 0.1) is 16.3 Å². The SMILES string of the molecule is Cc1cc(Cl)c(C(=O)Nc2nc3c(s2)CCC3)cn1. The molecule has 0 unspecified atom stereocenters. The summed E-state index contributed by atoms with van der Waals surface area (Å²) in [6, 6.07) is 1.68. The van der Waals surface area contributed by atoms with Gasteiger partial charge in [-0.05, 0) is 32.3 Å². The largest absolute Gasteiger partial charge is 0.298 e. The van der Waals surface area contributed by atoms with Crippen molar-refractivity contribution in [3.8, 4) is 0 Å².